The van der Waals surface area contributed by atoms with Gasteiger partial charge in [0, 0.05) is 0 Å². The van der Waals surface area contributed by atoms with Gasteiger partial charge in [0.1, 0.15) is 0 Å². The van der Waals surface area contributed by atoms with Crippen molar-refractivity contribution in [1.29, 1.82) is 5.26 Å². The zero-order chi connectivity index (χ0) is 11.0. The lowest BCUT2D eigenvalue weighted by Gasteiger charge is -2.26. The molecule has 0 amide bonds. The highest BCUT2D eigenvalue weighted by molar-refractivity contribution is 5.79. The summed E-state index contributed by atoms with van der Waals surface area (Å²) in [6, 6.07) is 0. The maximum atomic E-state index is 11.5. The van der Waals surface area contributed by atoms with Crippen LogP contribution in [0.3, 0.4) is 0 Å². The van der Waals surface area contributed by atoms with Gasteiger partial charge in [0.25, 0.3) is 6.26 Å². The third kappa shape index (κ3) is 2.91. The summed E-state index contributed by atoms with van der Waals surface area (Å²) in [7, 11) is 1.30. The van der Waals surface area contributed by atoms with Gasteiger partial charge >= 0.3 is 5.97 Å². The number of nitrogens with zero attached hydrogens (tertiary/aromatic N) is 1. The van der Waals surface area contributed by atoms with Gasteiger partial charge in [0.15, 0.2) is 0 Å². The molecule has 0 N–H and O–H groups in total. The normalized spacial score (nSPS) is 13.9. The summed E-state index contributed by atoms with van der Waals surface area (Å²) in [6.07, 6.45) is 4.35. The lowest BCUT2D eigenvalue weighted by atomic mass is 9.93. The number of hydrogen-bond donors (Lipinski definition) is 0. The fourth-order valence-corrected chi connectivity index (χ4v) is 1.32. The highest BCUT2D eigenvalue weighted by Gasteiger charge is 2.39. The van der Waals surface area contributed by atoms with E-state index in [2.05, 4.69) is 4.74 Å². The molecule has 0 fully saturated rings. The number of unbranched alkanes of at least 4 members (excludes halogenated alkanes) is 1. The van der Waals surface area contributed by atoms with Crippen LogP contribution in [0.4, 0.5) is 0 Å². The van der Waals surface area contributed by atoms with Crippen LogP contribution in [0, 0.1) is 11.5 Å². The van der Waals surface area contributed by atoms with E-state index in [4.69, 9.17) is 10.00 Å². The molecule has 1 atom stereocenters. The van der Waals surface area contributed by atoms with Crippen LogP contribution in [0.15, 0.2) is 0 Å². The summed E-state index contributed by atoms with van der Waals surface area (Å²) in [5.74, 6) is -0.463. The number of carbonyl (C=O) groups excluding carboxylic acids is 1. The van der Waals surface area contributed by atoms with E-state index < -0.39 is 11.6 Å². The molecule has 0 aliphatic carbocycles. The topological polar surface area (TPSA) is 59.3 Å². The molecule has 0 heterocycles. The minimum Gasteiger partial charge on any atom is -0.466 e. The van der Waals surface area contributed by atoms with Gasteiger partial charge in [0.05, 0.1) is 7.11 Å². The number of nitriles is 1. The van der Waals surface area contributed by atoms with Crippen LogP contribution in [0.2, 0.25) is 0 Å². The number of esters is 1. The Labute approximate surface area is 84.8 Å². The molecule has 0 aliphatic heterocycles. The molecule has 0 bridgehead atoms. The Morgan fingerprint density at radius 1 is 1.50 bits per heavy atom. The van der Waals surface area contributed by atoms with Gasteiger partial charge in [-0.15, -0.1) is 0 Å². The fraction of sp³-hybridized carbons (Fsp3) is 0.800. The molecule has 4 nitrogen and oxygen atoms in total. The van der Waals surface area contributed by atoms with Crippen molar-refractivity contribution in [3.63, 3.8) is 0 Å². The SMILES string of the molecule is CCCCC(CC)(OC#N)C(=O)OC. The van der Waals surface area contributed by atoms with E-state index >= 15 is 0 Å². The second kappa shape index (κ2) is 6.25. The largest absolute Gasteiger partial charge is 0.466 e. The molecule has 0 spiro atoms. The van der Waals surface area contributed by atoms with Crippen LogP contribution >= 0.6 is 0 Å². The van der Waals surface area contributed by atoms with E-state index in [9.17, 15) is 4.79 Å². The maximum Gasteiger partial charge on any atom is 0.351 e. The number of hydrogen-bond acceptors (Lipinski definition) is 4. The Hall–Kier alpha value is -1.24. The Morgan fingerprint density at radius 2 is 2.14 bits per heavy atom. The van der Waals surface area contributed by atoms with Crippen molar-refractivity contribution in [1.82, 2.24) is 0 Å². The maximum absolute atomic E-state index is 11.5. The monoisotopic (exact) mass is 199 g/mol. The molecule has 0 rings (SSSR count). The molecular weight excluding hydrogens is 182 g/mol. The Balaban J connectivity index is 4.60. The minimum atomic E-state index is -1.07. The first-order chi connectivity index (χ1) is 6.66. The summed E-state index contributed by atoms with van der Waals surface area (Å²) in [4.78, 5) is 11.5. The molecule has 0 radical (unpaired) electrons. The lowest BCUT2D eigenvalue weighted by molar-refractivity contribution is -0.163. The third-order valence-corrected chi connectivity index (χ3v) is 2.30. The van der Waals surface area contributed by atoms with Gasteiger partial charge in [-0.3, -0.25) is 0 Å². The van der Waals surface area contributed by atoms with Crippen LogP contribution in [0.1, 0.15) is 39.5 Å². The second-order valence-electron chi connectivity index (χ2n) is 3.14. The second-order valence-corrected chi connectivity index (χ2v) is 3.14. The summed E-state index contributed by atoms with van der Waals surface area (Å²) in [6.45, 7) is 3.83. The fourth-order valence-electron chi connectivity index (χ4n) is 1.32. The van der Waals surface area contributed by atoms with Crippen molar-refractivity contribution in [3.05, 3.63) is 0 Å². The number of carbonyl (C=O) groups is 1. The first-order valence-electron chi connectivity index (χ1n) is 4.82. The summed E-state index contributed by atoms with van der Waals surface area (Å²) >= 11 is 0. The van der Waals surface area contributed by atoms with Crippen molar-refractivity contribution >= 4 is 5.97 Å². The van der Waals surface area contributed by atoms with Gasteiger partial charge in [0.2, 0.25) is 5.60 Å². The zero-order valence-corrected chi connectivity index (χ0v) is 9.00. The molecule has 0 saturated heterocycles. The van der Waals surface area contributed by atoms with Crippen LogP contribution in [0.5, 0.6) is 0 Å². The third-order valence-electron chi connectivity index (χ3n) is 2.30. The molecule has 0 aromatic rings. The van der Waals surface area contributed by atoms with E-state index in [0.717, 1.165) is 12.8 Å². The van der Waals surface area contributed by atoms with E-state index in [1.807, 2.05) is 13.8 Å². The van der Waals surface area contributed by atoms with Gasteiger partial charge in [-0.25, -0.2) is 4.79 Å². The predicted molar refractivity (Wildman–Crippen MR) is 51.3 cm³/mol. The highest BCUT2D eigenvalue weighted by Crippen LogP contribution is 2.24. The van der Waals surface area contributed by atoms with Gasteiger partial charge in [-0.05, 0) is 19.3 Å². The molecule has 0 aromatic heterocycles. The molecule has 0 aliphatic rings. The van der Waals surface area contributed by atoms with Gasteiger partial charge in [-0.1, -0.05) is 20.3 Å². The average molecular weight is 199 g/mol. The number of rotatable bonds is 6. The molecule has 14 heavy (non-hydrogen) atoms. The van der Waals surface area contributed by atoms with Crippen LogP contribution in [-0.2, 0) is 14.3 Å². The van der Waals surface area contributed by atoms with E-state index in [0.29, 0.717) is 12.8 Å². The zero-order valence-electron chi connectivity index (χ0n) is 9.00. The molecule has 4 heteroatoms. The molecule has 80 valence electrons. The quantitative estimate of drug-likeness (QED) is 0.485. The van der Waals surface area contributed by atoms with Crippen molar-refractivity contribution in [2.75, 3.05) is 7.11 Å². The van der Waals surface area contributed by atoms with E-state index in [1.165, 1.54) is 7.11 Å². The molecular formula is C10H17NO3. The van der Waals surface area contributed by atoms with Crippen molar-refractivity contribution in [2.24, 2.45) is 0 Å². The van der Waals surface area contributed by atoms with Crippen LogP contribution in [-0.4, -0.2) is 18.7 Å². The molecule has 1 unspecified atom stereocenters. The number of methoxy groups -OCH3 is 1. The summed E-state index contributed by atoms with van der Waals surface area (Å²) < 4.78 is 9.51. The molecule has 0 aromatic carbocycles. The average Bonchev–Trinajstić information content (AvgIpc) is 2.23. The van der Waals surface area contributed by atoms with Gasteiger partial charge < -0.3 is 9.47 Å². The Kier molecular flexibility index (Phi) is 5.70. The smallest absolute Gasteiger partial charge is 0.351 e. The summed E-state index contributed by atoms with van der Waals surface area (Å²) in [5, 5.41) is 8.50. The first-order valence-corrected chi connectivity index (χ1v) is 4.82. The lowest BCUT2D eigenvalue weighted by Crippen LogP contribution is -2.40. The van der Waals surface area contributed by atoms with Crippen molar-refractivity contribution in [3.8, 4) is 6.26 Å². The van der Waals surface area contributed by atoms with Crippen molar-refractivity contribution in [2.45, 2.75) is 45.1 Å². The van der Waals surface area contributed by atoms with E-state index in [1.54, 1.807) is 6.26 Å². The molecule has 0 saturated carbocycles. The van der Waals surface area contributed by atoms with Crippen LogP contribution < -0.4 is 0 Å². The Morgan fingerprint density at radius 3 is 2.50 bits per heavy atom. The predicted octanol–water partition coefficient (Wildman–Crippen LogP) is 2.00. The standard InChI is InChI=1S/C10H17NO3/c1-4-6-7-10(5-2,14-8-11)9(12)13-3/h4-7H2,1-3H3. The minimum absolute atomic E-state index is 0.452. The number of ether oxygens (including phenoxy) is 2. The van der Waals surface area contributed by atoms with Crippen LogP contribution in [0.25, 0.3) is 0 Å². The Bertz CT molecular complexity index is 222. The van der Waals surface area contributed by atoms with Gasteiger partial charge in [-0.2, -0.15) is 5.26 Å². The highest BCUT2D eigenvalue weighted by atomic mass is 16.6. The first kappa shape index (κ1) is 12.8. The van der Waals surface area contributed by atoms with Crippen molar-refractivity contribution < 1.29 is 14.3 Å². The summed E-state index contributed by atoms with van der Waals surface area (Å²) in [5.41, 5.74) is -1.07. The van der Waals surface area contributed by atoms with E-state index in [-0.39, 0.29) is 0 Å².